The second-order valence-electron chi connectivity index (χ2n) is 7.10. The Morgan fingerprint density at radius 3 is 2.92 bits per heavy atom. The number of hydrogen-bond donors (Lipinski definition) is 1. The maximum Gasteiger partial charge on any atom is 0.238 e. The Bertz CT molecular complexity index is 763. The first-order valence-electron chi connectivity index (χ1n) is 8.80. The number of nitrogens with zero attached hydrogens (tertiary/aromatic N) is 1. The number of amides is 1. The molecule has 4 heteroatoms. The van der Waals surface area contributed by atoms with Gasteiger partial charge in [0.05, 0.1) is 6.54 Å². The fourth-order valence-electron chi connectivity index (χ4n) is 3.80. The van der Waals surface area contributed by atoms with Crippen LogP contribution in [0.2, 0.25) is 0 Å². The standard InChI is InChI=1S/C20H24N2OS/c1-13-4-3-5-17(14(13)2)21-19(23)12-22-10-8-18-16(9-11-24-18)20(22)15-6-7-15/h3-5,9,11,15,20H,6-8,10,12H2,1-2H3,(H,21,23)/t20-/m1/s1. The van der Waals surface area contributed by atoms with Crippen molar-refractivity contribution < 1.29 is 4.79 Å². The van der Waals surface area contributed by atoms with E-state index < -0.39 is 0 Å². The average molecular weight is 340 g/mol. The highest BCUT2D eigenvalue weighted by molar-refractivity contribution is 7.10. The van der Waals surface area contributed by atoms with Gasteiger partial charge in [0, 0.05) is 23.2 Å². The summed E-state index contributed by atoms with van der Waals surface area (Å²) in [7, 11) is 0. The molecule has 1 saturated carbocycles. The molecule has 1 aliphatic carbocycles. The van der Waals surface area contributed by atoms with E-state index in [1.807, 2.05) is 23.5 Å². The van der Waals surface area contributed by atoms with Crippen molar-refractivity contribution in [2.75, 3.05) is 18.4 Å². The molecule has 2 aromatic rings. The van der Waals surface area contributed by atoms with Gasteiger partial charge in [0.25, 0.3) is 0 Å². The number of carbonyl (C=O) groups is 1. The van der Waals surface area contributed by atoms with Crippen molar-refractivity contribution in [1.82, 2.24) is 4.90 Å². The second-order valence-corrected chi connectivity index (χ2v) is 8.10. The van der Waals surface area contributed by atoms with Crippen LogP contribution >= 0.6 is 11.3 Å². The molecule has 1 N–H and O–H groups in total. The van der Waals surface area contributed by atoms with E-state index in [1.165, 1.54) is 28.8 Å². The fraction of sp³-hybridized carbons (Fsp3) is 0.450. The predicted octanol–water partition coefficient (Wildman–Crippen LogP) is 4.31. The molecular weight excluding hydrogens is 316 g/mol. The average Bonchev–Trinajstić information content (AvgIpc) is 3.28. The summed E-state index contributed by atoms with van der Waals surface area (Å²) in [5, 5.41) is 5.33. The second kappa shape index (κ2) is 6.34. The van der Waals surface area contributed by atoms with E-state index in [4.69, 9.17) is 0 Å². The van der Waals surface area contributed by atoms with E-state index in [2.05, 4.69) is 41.6 Å². The molecule has 126 valence electrons. The van der Waals surface area contributed by atoms with Gasteiger partial charge in [-0.3, -0.25) is 9.69 Å². The summed E-state index contributed by atoms with van der Waals surface area (Å²) in [6.45, 7) is 5.63. The molecular formula is C20H24N2OS. The first-order valence-corrected chi connectivity index (χ1v) is 9.68. The number of nitrogens with one attached hydrogen (secondary N) is 1. The lowest BCUT2D eigenvalue weighted by Gasteiger charge is -2.35. The number of carbonyl (C=O) groups excluding carboxylic acids is 1. The van der Waals surface area contributed by atoms with Crippen molar-refractivity contribution in [2.24, 2.45) is 5.92 Å². The zero-order valence-corrected chi connectivity index (χ0v) is 15.2. The minimum absolute atomic E-state index is 0.105. The summed E-state index contributed by atoms with van der Waals surface area (Å²) in [5.74, 6) is 0.847. The van der Waals surface area contributed by atoms with Gasteiger partial charge in [-0.25, -0.2) is 0 Å². The first-order chi connectivity index (χ1) is 11.6. The smallest absolute Gasteiger partial charge is 0.238 e. The van der Waals surface area contributed by atoms with Crippen LogP contribution in [-0.2, 0) is 11.2 Å². The number of fused-ring (bicyclic) bond motifs is 1. The third-order valence-electron chi connectivity index (χ3n) is 5.41. The van der Waals surface area contributed by atoms with E-state index in [0.717, 1.165) is 30.1 Å². The molecule has 1 fully saturated rings. The van der Waals surface area contributed by atoms with Crippen molar-refractivity contribution in [3.05, 3.63) is 51.2 Å². The van der Waals surface area contributed by atoms with Crippen molar-refractivity contribution in [2.45, 2.75) is 39.2 Å². The number of benzene rings is 1. The Morgan fingerprint density at radius 2 is 2.12 bits per heavy atom. The van der Waals surface area contributed by atoms with Crippen LogP contribution in [0, 0.1) is 19.8 Å². The topological polar surface area (TPSA) is 32.3 Å². The third kappa shape index (κ3) is 3.01. The third-order valence-corrected chi connectivity index (χ3v) is 6.41. The normalized spacial score (nSPS) is 20.7. The summed E-state index contributed by atoms with van der Waals surface area (Å²) in [6.07, 6.45) is 3.68. The summed E-state index contributed by atoms with van der Waals surface area (Å²) < 4.78 is 0. The lowest BCUT2D eigenvalue weighted by Crippen LogP contribution is -2.41. The Balaban J connectivity index is 1.48. The number of rotatable bonds is 4. The van der Waals surface area contributed by atoms with Crippen LogP contribution < -0.4 is 5.32 Å². The summed E-state index contributed by atoms with van der Waals surface area (Å²) >= 11 is 1.87. The van der Waals surface area contributed by atoms with Crippen LogP contribution in [-0.4, -0.2) is 23.9 Å². The van der Waals surface area contributed by atoms with Gasteiger partial charge >= 0.3 is 0 Å². The molecule has 0 radical (unpaired) electrons. The Labute approximate surface area is 147 Å². The van der Waals surface area contributed by atoms with Gasteiger partial charge in [0.2, 0.25) is 5.91 Å². The van der Waals surface area contributed by atoms with E-state index in [-0.39, 0.29) is 5.91 Å². The highest BCUT2D eigenvalue weighted by Gasteiger charge is 2.40. The van der Waals surface area contributed by atoms with E-state index in [9.17, 15) is 4.79 Å². The zero-order valence-electron chi connectivity index (χ0n) is 14.3. The Hall–Kier alpha value is -1.65. The van der Waals surface area contributed by atoms with Crippen LogP contribution in [0.4, 0.5) is 5.69 Å². The van der Waals surface area contributed by atoms with Gasteiger partial charge in [-0.2, -0.15) is 0 Å². The molecule has 1 aliphatic heterocycles. The van der Waals surface area contributed by atoms with Crippen LogP contribution in [0.15, 0.2) is 29.6 Å². The molecule has 1 amide bonds. The molecule has 0 spiro atoms. The SMILES string of the molecule is Cc1cccc(NC(=O)CN2CCc3sccc3[C@H]2C2CC2)c1C. The van der Waals surface area contributed by atoms with Crippen LogP contribution in [0.25, 0.3) is 0 Å². The van der Waals surface area contributed by atoms with Crippen molar-refractivity contribution in [1.29, 1.82) is 0 Å². The summed E-state index contributed by atoms with van der Waals surface area (Å²) in [4.78, 5) is 16.6. The molecule has 1 aromatic heterocycles. The van der Waals surface area contributed by atoms with Gasteiger partial charge < -0.3 is 5.32 Å². The molecule has 24 heavy (non-hydrogen) atoms. The van der Waals surface area contributed by atoms with Gasteiger partial charge in [0.15, 0.2) is 0 Å². The summed E-state index contributed by atoms with van der Waals surface area (Å²) in [6, 6.07) is 8.80. The predicted molar refractivity (Wildman–Crippen MR) is 99.6 cm³/mol. The van der Waals surface area contributed by atoms with Crippen LogP contribution in [0.3, 0.4) is 0 Å². The van der Waals surface area contributed by atoms with Crippen molar-refractivity contribution in [3.8, 4) is 0 Å². The lowest BCUT2D eigenvalue weighted by molar-refractivity contribution is -0.118. The maximum atomic E-state index is 12.6. The monoisotopic (exact) mass is 340 g/mol. The maximum absolute atomic E-state index is 12.6. The molecule has 2 heterocycles. The van der Waals surface area contributed by atoms with Crippen LogP contribution in [0.1, 0.15) is 40.5 Å². The Morgan fingerprint density at radius 1 is 1.29 bits per heavy atom. The van der Waals surface area contributed by atoms with E-state index in [1.54, 1.807) is 0 Å². The van der Waals surface area contributed by atoms with Crippen molar-refractivity contribution >= 4 is 22.9 Å². The zero-order chi connectivity index (χ0) is 16.7. The number of thiophene rings is 1. The molecule has 1 atom stereocenters. The lowest BCUT2D eigenvalue weighted by atomic mass is 9.96. The molecule has 3 nitrogen and oxygen atoms in total. The number of aryl methyl sites for hydroxylation is 1. The van der Waals surface area contributed by atoms with Gasteiger partial charge in [-0.15, -0.1) is 11.3 Å². The van der Waals surface area contributed by atoms with E-state index >= 15 is 0 Å². The van der Waals surface area contributed by atoms with E-state index in [0.29, 0.717) is 12.6 Å². The minimum atomic E-state index is 0.105. The molecule has 0 bridgehead atoms. The van der Waals surface area contributed by atoms with Crippen LogP contribution in [0.5, 0.6) is 0 Å². The van der Waals surface area contributed by atoms with Gasteiger partial charge in [-0.05, 0) is 73.2 Å². The van der Waals surface area contributed by atoms with Gasteiger partial charge in [-0.1, -0.05) is 12.1 Å². The molecule has 2 aliphatic rings. The fourth-order valence-corrected chi connectivity index (χ4v) is 4.71. The highest BCUT2D eigenvalue weighted by Crippen LogP contribution is 2.48. The quantitative estimate of drug-likeness (QED) is 0.899. The van der Waals surface area contributed by atoms with Crippen molar-refractivity contribution in [3.63, 3.8) is 0 Å². The summed E-state index contributed by atoms with van der Waals surface area (Å²) in [5.41, 5.74) is 4.79. The number of anilines is 1. The molecule has 0 saturated heterocycles. The largest absolute Gasteiger partial charge is 0.325 e. The first kappa shape index (κ1) is 15.9. The van der Waals surface area contributed by atoms with Gasteiger partial charge in [0.1, 0.15) is 0 Å². The molecule has 0 unspecified atom stereocenters. The minimum Gasteiger partial charge on any atom is -0.325 e. The molecule has 4 rings (SSSR count). The highest BCUT2D eigenvalue weighted by atomic mass is 32.1. The molecule has 1 aromatic carbocycles. The Kier molecular flexibility index (Phi) is 4.19. The number of hydrogen-bond acceptors (Lipinski definition) is 3.